The third kappa shape index (κ3) is 6.36. The molecule has 2 N–H and O–H groups in total. The summed E-state index contributed by atoms with van der Waals surface area (Å²) < 4.78 is 12.2. The number of allylic oxidation sites excluding steroid dienone is 1. The molecule has 5 aliphatic rings. The maximum absolute atomic E-state index is 13.2. The number of aliphatic carboxylic acids is 2. The predicted octanol–water partition coefficient (Wildman–Crippen LogP) is 8.32. The summed E-state index contributed by atoms with van der Waals surface area (Å²) in [5, 5.41) is 18.7. The highest BCUT2D eigenvalue weighted by Gasteiger charge is 2.64. The molecule has 10 atom stereocenters. The lowest BCUT2D eigenvalue weighted by Gasteiger charge is -2.65. The molecule has 0 saturated heterocycles. The molecule has 270 valence electrons. The largest absolute Gasteiger partial charge is 0.481 e. The normalized spacial score (nSPS) is 38.8. The van der Waals surface area contributed by atoms with Crippen molar-refractivity contribution >= 4 is 23.9 Å². The van der Waals surface area contributed by atoms with Gasteiger partial charge in [-0.05, 0) is 146 Å². The van der Waals surface area contributed by atoms with Gasteiger partial charge in [0.25, 0.3) is 0 Å². The van der Waals surface area contributed by atoms with Crippen molar-refractivity contribution in [2.75, 3.05) is 6.61 Å². The lowest BCUT2D eigenvalue weighted by Crippen LogP contribution is -2.60. The second-order valence-corrected chi connectivity index (χ2v) is 19.0. The molecule has 0 aromatic heterocycles. The third-order valence-electron chi connectivity index (χ3n) is 14.7. The second kappa shape index (κ2) is 12.7. The van der Waals surface area contributed by atoms with Gasteiger partial charge in [0, 0.05) is 10.8 Å². The maximum Gasteiger partial charge on any atom is 0.312 e. The number of hydrogen-bond acceptors (Lipinski definition) is 6. The van der Waals surface area contributed by atoms with Crippen LogP contribution in [0.25, 0.3) is 0 Å². The van der Waals surface area contributed by atoms with Crippen LogP contribution in [0.15, 0.2) is 12.2 Å². The highest BCUT2D eigenvalue weighted by atomic mass is 16.5. The van der Waals surface area contributed by atoms with Crippen LogP contribution < -0.4 is 0 Å². The number of carbonyl (C=O) groups is 4. The Bertz CT molecular complexity index is 1310. The summed E-state index contributed by atoms with van der Waals surface area (Å²) in [6.07, 6.45) is 10.0. The molecule has 0 radical (unpaired) electrons. The van der Waals surface area contributed by atoms with Gasteiger partial charge in [-0.25, -0.2) is 0 Å². The number of ether oxygens (including phenoxy) is 2. The third-order valence-corrected chi connectivity index (χ3v) is 14.7. The fourth-order valence-electron chi connectivity index (χ4n) is 12.4. The Hall–Kier alpha value is -2.38. The average Bonchev–Trinajstić information content (AvgIpc) is 3.36. The molecule has 0 aliphatic heterocycles. The van der Waals surface area contributed by atoms with Crippen LogP contribution in [0.2, 0.25) is 0 Å². The molecule has 0 aromatic rings. The van der Waals surface area contributed by atoms with E-state index < -0.39 is 34.7 Å². The fourth-order valence-corrected chi connectivity index (χ4v) is 12.4. The van der Waals surface area contributed by atoms with Gasteiger partial charge >= 0.3 is 23.9 Å². The van der Waals surface area contributed by atoms with E-state index in [2.05, 4.69) is 34.3 Å². The number of esters is 2. The van der Waals surface area contributed by atoms with E-state index in [4.69, 9.17) is 9.47 Å². The molecule has 48 heavy (non-hydrogen) atoms. The first-order valence-corrected chi connectivity index (χ1v) is 18.6. The average molecular weight is 671 g/mol. The zero-order valence-corrected chi connectivity index (χ0v) is 30.9. The SMILES string of the molecule is C=C(C)[C@@H]1CC[C@]2(COC(=O)C(C)(C)CC(=O)O)CC[C@@H]3[C@H](CC[C@H]4[C@H]3CC[C@H]3C(C)(C)[C@@H](OC(=O)C(C)(C)CC(=O)O)CC[C@]43C)[C@@H]12. The summed E-state index contributed by atoms with van der Waals surface area (Å²) in [5.74, 6) is 0.921. The number of hydrogen-bond donors (Lipinski definition) is 2. The van der Waals surface area contributed by atoms with Crippen molar-refractivity contribution in [3.63, 3.8) is 0 Å². The highest BCUT2D eigenvalue weighted by Crippen LogP contribution is 2.70. The van der Waals surface area contributed by atoms with Crippen molar-refractivity contribution in [2.45, 2.75) is 139 Å². The predicted molar refractivity (Wildman–Crippen MR) is 183 cm³/mol. The smallest absolute Gasteiger partial charge is 0.312 e. The van der Waals surface area contributed by atoms with Gasteiger partial charge in [-0.15, -0.1) is 0 Å². The van der Waals surface area contributed by atoms with Gasteiger partial charge in [0.15, 0.2) is 0 Å². The van der Waals surface area contributed by atoms with E-state index >= 15 is 0 Å². The van der Waals surface area contributed by atoms with E-state index in [0.29, 0.717) is 48.0 Å². The van der Waals surface area contributed by atoms with Crippen LogP contribution >= 0.6 is 0 Å². The number of carboxylic acids is 2. The highest BCUT2D eigenvalue weighted by molar-refractivity contribution is 5.82. The molecular weight excluding hydrogens is 608 g/mol. The Morgan fingerprint density at radius 2 is 1.33 bits per heavy atom. The molecule has 5 fully saturated rings. The molecule has 5 saturated carbocycles. The Labute approximate surface area is 288 Å². The van der Waals surface area contributed by atoms with Crippen molar-refractivity contribution < 1.29 is 38.9 Å². The van der Waals surface area contributed by atoms with E-state index in [1.165, 1.54) is 24.8 Å². The van der Waals surface area contributed by atoms with Crippen molar-refractivity contribution in [3.05, 3.63) is 12.2 Å². The summed E-state index contributed by atoms with van der Waals surface area (Å²) in [5.41, 5.74) is -1.03. The summed E-state index contributed by atoms with van der Waals surface area (Å²) in [4.78, 5) is 49.2. The van der Waals surface area contributed by atoms with Gasteiger partial charge in [-0.3, -0.25) is 19.2 Å². The number of rotatable bonds is 10. The zero-order valence-electron chi connectivity index (χ0n) is 30.9. The van der Waals surface area contributed by atoms with Crippen molar-refractivity contribution in [2.24, 2.45) is 68.5 Å². The van der Waals surface area contributed by atoms with Crippen LogP contribution in [0.4, 0.5) is 0 Å². The van der Waals surface area contributed by atoms with Crippen LogP contribution in [0.5, 0.6) is 0 Å². The topological polar surface area (TPSA) is 127 Å². The Morgan fingerprint density at radius 3 is 1.94 bits per heavy atom. The molecule has 0 heterocycles. The number of carbonyl (C=O) groups excluding carboxylic acids is 2. The zero-order chi connectivity index (χ0) is 35.6. The van der Waals surface area contributed by atoms with Crippen molar-refractivity contribution in [3.8, 4) is 0 Å². The molecule has 8 nitrogen and oxygen atoms in total. The van der Waals surface area contributed by atoms with Gasteiger partial charge in [-0.1, -0.05) is 32.9 Å². The first-order valence-electron chi connectivity index (χ1n) is 18.6. The Balaban J connectivity index is 1.33. The molecule has 0 amide bonds. The first kappa shape index (κ1) is 36.9. The molecule has 8 heteroatoms. The maximum atomic E-state index is 13.2. The first-order chi connectivity index (χ1) is 22.2. The molecule has 0 aromatic carbocycles. The van der Waals surface area contributed by atoms with E-state index in [-0.39, 0.29) is 35.2 Å². The quantitative estimate of drug-likeness (QED) is 0.176. The molecule has 0 spiro atoms. The van der Waals surface area contributed by atoms with Crippen molar-refractivity contribution in [1.29, 1.82) is 0 Å². The lowest BCUT2D eigenvalue weighted by molar-refractivity contribution is -0.205. The van der Waals surface area contributed by atoms with Crippen LogP contribution in [0.3, 0.4) is 0 Å². The van der Waals surface area contributed by atoms with E-state index in [1.807, 2.05) is 0 Å². The number of carboxylic acid groups (broad SMARTS) is 2. The standard InChI is InChI=1S/C40H62O8/c1-23(2)24-14-18-40(22-47-34(45)36(3,4)20-31(41)42)19-15-25-26-11-13-29-38(7,8)30(48-35(46)37(5,6)21-32(43)44)16-17-39(29,9)28(26)12-10-27(25)33(24)40/h24-30,33H,1,10-22H2,2-9H3,(H,41,42)(H,43,44)/t24-,25-,26-,27-,28-,29-,30-,33+,39+,40+/m0/s1. The van der Waals surface area contributed by atoms with Crippen LogP contribution in [-0.4, -0.2) is 46.8 Å². The molecular formula is C40H62O8. The van der Waals surface area contributed by atoms with E-state index in [1.54, 1.807) is 27.7 Å². The van der Waals surface area contributed by atoms with Gasteiger partial charge < -0.3 is 19.7 Å². The minimum Gasteiger partial charge on any atom is -0.481 e. The number of fused-ring (bicyclic) bond motifs is 7. The lowest BCUT2D eigenvalue weighted by atomic mass is 9.40. The molecule has 0 unspecified atom stereocenters. The van der Waals surface area contributed by atoms with Gasteiger partial charge in [-0.2, -0.15) is 0 Å². The Morgan fingerprint density at radius 1 is 0.750 bits per heavy atom. The van der Waals surface area contributed by atoms with Crippen molar-refractivity contribution in [1.82, 2.24) is 0 Å². The fraction of sp³-hybridized carbons (Fsp3) is 0.850. The van der Waals surface area contributed by atoms with Crippen LogP contribution in [0, 0.1) is 68.5 Å². The summed E-state index contributed by atoms with van der Waals surface area (Å²) in [6.45, 7) is 20.7. The van der Waals surface area contributed by atoms with Gasteiger partial charge in [0.2, 0.25) is 0 Å². The second-order valence-electron chi connectivity index (χ2n) is 19.0. The molecule has 5 aliphatic carbocycles. The van der Waals surface area contributed by atoms with Gasteiger partial charge in [0.05, 0.1) is 30.3 Å². The minimum absolute atomic E-state index is 0.0774. The summed E-state index contributed by atoms with van der Waals surface area (Å²) >= 11 is 0. The summed E-state index contributed by atoms with van der Waals surface area (Å²) in [6, 6.07) is 0. The molecule has 0 bridgehead atoms. The van der Waals surface area contributed by atoms with E-state index in [9.17, 15) is 29.4 Å². The van der Waals surface area contributed by atoms with Crippen LogP contribution in [0.1, 0.15) is 132 Å². The summed E-state index contributed by atoms with van der Waals surface area (Å²) in [7, 11) is 0. The minimum atomic E-state index is -1.07. The monoisotopic (exact) mass is 670 g/mol. The van der Waals surface area contributed by atoms with E-state index in [0.717, 1.165) is 44.9 Å². The van der Waals surface area contributed by atoms with Crippen LogP contribution in [-0.2, 0) is 28.7 Å². The van der Waals surface area contributed by atoms with Gasteiger partial charge in [0.1, 0.15) is 6.10 Å². The molecule has 5 rings (SSSR count). The Kier molecular flexibility index (Phi) is 9.79.